The van der Waals surface area contributed by atoms with Gasteiger partial charge in [-0.05, 0) is 69.9 Å². The number of halogens is 2. The molecule has 142 valence electrons. The van der Waals surface area contributed by atoms with Crippen molar-refractivity contribution in [3.8, 4) is 0 Å². The number of amides is 1. The van der Waals surface area contributed by atoms with E-state index >= 15 is 0 Å². The van der Waals surface area contributed by atoms with Crippen LogP contribution in [0.2, 0.25) is 10.0 Å². The van der Waals surface area contributed by atoms with Crippen LogP contribution in [-0.4, -0.2) is 43.0 Å². The molecule has 27 heavy (non-hydrogen) atoms. The summed E-state index contributed by atoms with van der Waals surface area (Å²) in [5.74, 6) is -0.161. The van der Waals surface area contributed by atoms with E-state index in [0.29, 0.717) is 27.3 Å². The molecular weight excluding hydrogens is 401 g/mol. The summed E-state index contributed by atoms with van der Waals surface area (Å²) in [6.07, 6.45) is 0.832. The van der Waals surface area contributed by atoms with Crippen molar-refractivity contribution in [1.29, 1.82) is 0 Å². The standard InChI is InChI=1S/C20H21Cl2N3OS/c1-13-5-8-17-18(11-13)27-20(23-17)25(10-4-9-24(2)3)19(26)15-7-6-14(21)12-16(15)22/h5-8,11-12H,4,9-10H2,1-3H3. The molecule has 4 nitrogen and oxygen atoms in total. The van der Waals surface area contributed by atoms with Crippen molar-refractivity contribution < 1.29 is 4.79 Å². The largest absolute Gasteiger partial charge is 0.309 e. The van der Waals surface area contributed by atoms with Gasteiger partial charge in [0.2, 0.25) is 0 Å². The van der Waals surface area contributed by atoms with Gasteiger partial charge in [-0.3, -0.25) is 9.69 Å². The van der Waals surface area contributed by atoms with Gasteiger partial charge in [0.25, 0.3) is 5.91 Å². The Bertz CT molecular complexity index is 971. The SMILES string of the molecule is Cc1ccc2nc(N(CCCN(C)C)C(=O)c3ccc(Cl)cc3Cl)sc2c1. The molecule has 0 aliphatic heterocycles. The molecule has 0 saturated carbocycles. The number of benzene rings is 2. The van der Waals surface area contributed by atoms with Crippen LogP contribution in [0.5, 0.6) is 0 Å². The van der Waals surface area contributed by atoms with E-state index in [2.05, 4.69) is 16.0 Å². The number of carbonyl (C=O) groups excluding carboxylic acids is 1. The first-order valence-corrected chi connectivity index (χ1v) is 10.2. The quantitative estimate of drug-likeness (QED) is 0.526. The maximum absolute atomic E-state index is 13.2. The molecular formula is C20H21Cl2N3OS. The van der Waals surface area contributed by atoms with Gasteiger partial charge in [-0.25, -0.2) is 4.98 Å². The van der Waals surface area contributed by atoms with Gasteiger partial charge in [0, 0.05) is 11.6 Å². The number of anilines is 1. The lowest BCUT2D eigenvalue weighted by molar-refractivity contribution is 0.0986. The van der Waals surface area contributed by atoms with E-state index in [-0.39, 0.29) is 5.91 Å². The van der Waals surface area contributed by atoms with Gasteiger partial charge in [0.1, 0.15) is 0 Å². The third-order valence-electron chi connectivity index (χ3n) is 4.16. The molecule has 0 aliphatic rings. The number of hydrogen-bond donors (Lipinski definition) is 0. The van der Waals surface area contributed by atoms with Crippen LogP contribution in [0.3, 0.4) is 0 Å². The van der Waals surface area contributed by atoms with Crippen LogP contribution in [-0.2, 0) is 0 Å². The smallest absolute Gasteiger partial charge is 0.261 e. The first-order chi connectivity index (χ1) is 12.8. The van der Waals surface area contributed by atoms with Crippen molar-refractivity contribution in [2.75, 3.05) is 32.1 Å². The fourth-order valence-corrected chi connectivity index (χ4v) is 4.35. The second-order valence-corrected chi connectivity index (χ2v) is 8.56. The Morgan fingerprint density at radius 3 is 2.59 bits per heavy atom. The van der Waals surface area contributed by atoms with Crippen molar-refractivity contribution in [3.05, 3.63) is 57.6 Å². The third kappa shape index (κ3) is 4.79. The highest BCUT2D eigenvalue weighted by molar-refractivity contribution is 7.22. The average Bonchev–Trinajstić information content (AvgIpc) is 3.00. The molecule has 3 aromatic rings. The Kier molecular flexibility index (Phi) is 6.37. The fraction of sp³-hybridized carbons (Fsp3) is 0.300. The Morgan fingerprint density at radius 2 is 1.89 bits per heavy atom. The highest BCUT2D eigenvalue weighted by atomic mass is 35.5. The lowest BCUT2D eigenvalue weighted by Crippen LogP contribution is -2.33. The van der Waals surface area contributed by atoms with Crippen molar-refractivity contribution in [2.45, 2.75) is 13.3 Å². The third-order valence-corrected chi connectivity index (χ3v) is 5.75. The second-order valence-electron chi connectivity index (χ2n) is 6.71. The summed E-state index contributed by atoms with van der Waals surface area (Å²) >= 11 is 13.8. The molecule has 0 radical (unpaired) electrons. The van der Waals surface area contributed by atoms with E-state index in [0.717, 1.165) is 23.2 Å². The number of carbonyl (C=O) groups is 1. The van der Waals surface area contributed by atoms with Gasteiger partial charge < -0.3 is 4.90 Å². The first kappa shape index (κ1) is 20.1. The zero-order valence-corrected chi connectivity index (χ0v) is 17.8. The topological polar surface area (TPSA) is 36.4 Å². The van der Waals surface area contributed by atoms with E-state index in [9.17, 15) is 4.79 Å². The minimum atomic E-state index is -0.161. The Labute approximate surface area is 173 Å². The molecule has 1 aromatic heterocycles. The summed E-state index contributed by atoms with van der Waals surface area (Å²) in [6, 6.07) is 11.1. The van der Waals surface area contributed by atoms with E-state index in [1.807, 2.05) is 33.2 Å². The van der Waals surface area contributed by atoms with Gasteiger partial charge in [-0.2, -0.15) is 0 Å². The molecule has 2 aromatic carbocycles. The number of aromatic nitrogens is 1. The lowest BCUT2D eigenvalue weighted by Gasteiger charge is -2.21. The summed E-state index contributed by atoms with van der Waals surface area (Å²) in [5, 5.41) is 1.54. The van der Waals surface area contributed by atoms with Crippen LogP contribution in [0.25, 0.3) is 10.2 Å². The highest BCUT2D eigenvalue weighted by Crippen LogP contribution is 2.32. The predicted molar refractivity (Wildman–Crippen MR) is 116 cm³/mol. The summed E-state index contributed by atoms with van der Waals surface area (Å²) in [6.45, 7) is 3.49. The van der Waals surface area contributed by atoms with E-state index in [1.165, 1.54) is 16.9 Å². The van der Waals surface area contributed by atoms with Crippen LogP contribution in [0.1, 0.15) is 22.3 Å². The maximum atomic E-state index is 13.2. The maximum Gasteiger partial charge on any atom is 0.261 e. The summed E-state index contributed by atoms with van der Waals surface area (Å²) < 4.78 is 1.07. The van der Waals surface area contributed by atoms with Crippen LogP contribution >= 0.6 is 34.5 Å². The van der Waals surface area contributed by atoms with Gasteiger partial charge >= 0.3 is 0 Å². The normalized spacial score (nSPS) is 11.3. The molecule has 1 amide bonds. The molecule has 1 heterocycles. The number of hydrogen-bond acceptors (Lipinski definition) is 4. The van der Waals surface area contributed by atoms with Crippen LogP contribution in [0.15, 0.2) is 36.4 Å². The second kappa shape index (κ2) is 8.57. The van der Waals surface area contributed by atoms with Crippen molar-refractivity contribution >= 4 is 55.8 Å². The number of nitrogens with zero attached hydrogens (tertiary/aromatic N) is 3. The van der Waals surface area contributed by atoms with Crippen LogP contribution in [0.4, 0.5) is 5.13 Å². The molecule has 3 rings (SSSR count). The van der Waals surface area contributed by atoms with Crippen molar-refractivity contribution in [2.24, 2.45) is 0 Å². The van der Waals surface area contributed by atoms with Gasteiger partial charge in [0.15, 0.2) is 5.13 Å². The molecule has 0 N–H and O–H groups in total. The Hall–Kier alpha value is -1.66. The number of rotatable bonds is 6. The van der Waals surface area contributed by atoms with Gasteiger partial charge in [0.05, 0.1) is 20.8 Å². The fourth-order valence-electron chi connectivity index (χ4n) is 2.77. The van der Waals surface area contributed by atoms with E-state index in [1.54, 1.807) is 23.1 Å². The number of thiazole rings is 1. The van der Waals surface area contributed by atoms with Crippen molar-refractivity contribution in [1.82, 2.24) is 9.88 Å². The molecule has 7 heteroatoms. The molecule has 0 fully saturated rings. The Balaban J connectivity index is 1.97. The zero-order chi connectivity index (χ0) is 19.6. The summed E-state index contributed by atoms with van der Waals surface area (Å²) in [5.41, 5.74) is 2.50. The predicted octanol–water partition coefficient (Wildman–Crippen LogP) is 5.51. The Morgan fingerprint density at radius 1 is 1.11 bits per heavy atom. The minimum absolute atomic E-state index is 0.161. The monoisotopic (exact) mass is 421 g/mol. The number of fused-ring (bicyclic) bond motifs is 1. The van der Waals surface area contributed by atoms with E-state index < -0.39 is 0 Å². The summed E-state index contributed by atoms with van der Waals surface area (Å²) in [7, 11) is 4.03. The molecule has 0 atom stereocenters. The molecule has 0 bridgehead atoms. The van der Waals surface area contributed by atoms with Crippen molar-refractivity contribution in [3.63, 3.8) is 0 Å². The van der Waals surface area contributed by atoms with Crippen LogP contribution in [0, 0.1) is 6.92 Å². The average molecular weight is 422 g/mol. The molecule has 0 spiro atoms. The lowest BCUT2D eigenvalue weighted by atomic mass is 10.2. The van der Waals surface area contributed by atoms with Crippen LogP contribution < -0.4 is 4.90 Å². The minimum Gasteiger partial charge on any atom is -0.309 e. The van der Waals surface area contributed by atoms with E-state index in [4.69, 9.17) is 23.2 Å². The molecule has 0 saturated heterocycles. The summed E-state index contributed by atoms with van der Waals surface area (Å²) in [4.78, 5) is 21.8. The van der Waals surface area contributed by atoms with Gasteiger partial charge in [-0.1, -0.05) is 40.6 Å². The zero-order valence-electron chi connectivity index (χ0n) is 15.5. The first-order valence-electron chi connectivity index (χ1n) is 8.64. The number of aryl methyl sites for hydroxylation is 1. The van der Waals surface area contributed by atoms with Gasteiger partial charge in [-0.15, -0.1) is 0 Å². The highest BCUT2D eigenvalue weighted by Gasteiger charge is 2.23. The molecule has 0 aliphatic carbocycles. The molecule has 0 unspecified atom stereocenters.